The van der Waals surface area contributed by atoms with Gasteiger partial charge < -0.3 is 5.32 Å². The average molecular weight is 157 g/mol. The van der Waals surface area contributed by atoms with E-state index < -0.39 is 0 Å². The van der Waals surface area contributed by atoms with Crippen molar-refractivity contribution in [3.63, 3.8) is 0 Å². The third kappa shape index (κ3) is 6.36. The molecule has 0 saturated carbocycles. The molecule has 11 heavy (non-hydrogen) atoms. The summed E-state index contributed by atoms with van der Waals surface area (Å²) in [6, 6.07) is 0.717. The van der Waals surface area contributed by atoms with E-state index in [1.54, 1.807) is 0 Å². The molecule has 0 rings (SSSR count). The molecule has 1 heteroatoms. The Bertz CT molecular complexity index is 87.5. The number of hydrogen-bond acceptors (Lipinski definition) is 1. The summed E-state index contributed by atoms with van der Waals surface area (Å²) in [6.45, 7) is 9.14. The van der Waals surface area contributed by atoms with Crippen LogP contribution in [-0.2, 0) is 0 Å². The van der Waals surface area contributed by atoms with Gasteiger partial charge in [0.1, 0.15) is 0 Å². The first-order chi connectivity index (χ1) is 4.99. The molecule has 0 fully saturated rings. The van der Waals surface area contributed by atoms with Gasteiger partial charge in [0.25, 0.3) is 0 Å². The maximum absolute atomic E-state index is 3.32. The van der Waals surface area contributed by atoms with Crippen LogP contribution in [0.1, 0.15) is 47.0 Å². The second-order valence-electron chi connectivity index (χ2n) is 4.49. The average Bonchev–Trinajstić information content (AvgIpc) is 1.88. The Balaban J connectivity index is 3.51. The summed E-state index contributed by atoms with van der Waals surface area (Å²) in [7, 11) is 2.05. The molecule has 0 heterocycles. The predicted octanol–water partition coefficient (Wildman–Crippen LogP) is 2.81. The van der Waals surface area contributed by atoms with E-state index >= 15 is 0 Å². The fourth-order valence-electron chi connectivity index (χ4n) is 1.16. The highest BCUT2D eigenvalue weighted by atomic mass is 14.9. The van der Waals surface area contributed by atoms with Crippen LogP contribution >= 0.6 is 0 Å². The summed E-state index contributed by atoms with van der Waals surface area (Å²) in [5, 5.41) is 3.32. The fourth-order valence-corrected chi connectivity index (χ4v) is 1.16. The van der Waals surface area contributed by atoms with Gasteiger partial charge in [-0.2, -0.15) is 0 Å². The van der Waals surface area contributed by atoms with Crippen LogP contribution in [0.15, 0.2) is 0 Å². The van der Waals surface area contributed by atoms with Crippen LogP contribution in [0.5, 0.6) is 0 Å². The van der Waals surface area contributed by atoms with Crippen LogP contribution in [0.4, 0.5) is 0 Å². The lowest BCUT2D eigenvalue weighted by Gasteiger charge is -2.21. The van der Waals surface area contributed by atoms with Gasteiger partial charge in [-0.1, -0.05) is 27.7 Å². The molecule has 0 aliphatic carbocycles. The monoisotopic (exact) mass is 157 g/mol. The Morgan fingerprint density at radius 1 is 1.27 bits per heavy atom. The molecule has 0 aromatic rings. The zero-order valence-electron chi connectivity index (χ0n) is 8.70. The Labute approximate surface area is 71.6 Å². The summed E-state index contributed by atoms with van der Waals surface area (Å²) in [6.07, 6.45) is 3.86. The van der Waals surface area contributed by atoms with E-state index in [1.165, 1.54) is 19.3 Å². The maximum Gasteiger partial charge on any atom is 0.00616 e. The molecule has 0 aliphatic heterocycles. The molecule has 1 N–H and O–H groups in total. The van der Waals surface area contributed by atoms with Crippen LogP contribution in [0.3, 0.4) is 0 Å². The molecule has 1 atom stereocenters. The van der Waals surface area contributed by atoms with Crippen LogP contribution in [-0.4, -0.2) is 13.1 Å². The highest BCUT2D eigenvalue weighted by molar-refractivity contribution is 4.68. The van der Waals surface area contributed by atoms with Crippen molar-refractivity contribution in [2.45, 2.75) is 53.0 Å². The minimum absolute atomic E-state index is 0.490. The largest absolute Gasteiger partial charge is 0.317 e. The van der Waals surface area contributed by atoms with Gasteiger partial charge in [-0.15, -0.1) is 0 Å². The van der Waals surface area contributed by atoms with E-state index in [0.717, 1.165) is 0 Å². The SMILES string of the molecule is CCC(CCC(C)(C)C)NC. The van der Waals surface area contributed by atoms with E-state index in [-0.39, 0.29) is 0 Å². The molecule has 1 unspecified atom stereocenters. The smallest absolute Gasteiger partial charge is 0.00616 e. The quantitative estimate of drug-likeness (QED) is 0.661. The third-order valence-corrected chi connectivity index (χ3v) is 2.14. The van der Waals surface area contributed by atoms with Crippen molar-refractivity contribution in [3.05, 3.63) is 0 Å². The lowest BCUT2D eigenvalue weighted by Crippen LogP contribution is -2.25. The fraction of sp³-hybridized carbons (Fsp3) is 1.00. The van der Waals surface area contributed by atoms with Gasteiger partial charge in [0.05, 0.1) is 0 Å². The van der Waals surface area contributed by atoms with Gasteiger partial charge in [0.15, 0.2) is 0 Å². The molecule has 0 aromatic carbocycles. The summed E-state index contributed by atoms with van der Waals surface area (Å²) >= 11 is 0. The topological polar surface area (TPSA) is 12.0 Å². The summed E-state index contributed by atoms with van der Waals surface area (Å²) in [5.74, 6) is 0. The number of nitrogens with one attached hydrogen (secondary N) is 1. The Kier molecular flexibility index (Phi) is 4.74. The molecule has 0 aliphatic rings. The van der Waals surface area contributed by atoms with Crippen molar-refractivity contribution >= 4 is 0 Å². The molecule has 0 radical (unpaired) electrons. The van der Waals surface area contributed by atoms with Gasteiger partial charge >= 0.3 is 0 Å². The highest BCUT2D eigenvalue weighted by Gasteiger charge is 2.12. The molecular formula is C10H23N. The van der Waals surface area contributed by atoms with Crippen molar-refractivity contribution in [2.24, 2.45) is 5.41 Å². The van der Waals surface area contributed by atoms with Crippen LogP contribution in [0.25, 0.3) is 0 Å². The first-order valence-corrected chi connectivity index (χ1v) is 4.67. The number of rotatable bonds is 4. The Morgan fingerprint density at radius 2 is 1.82 bits per heavy atom. The molecule has 0 amide bonds. The molecule has 0 saturated heterocycles. The Hall–Kier alpha value is -0.0400. The van der Waals surface area contributed by atoms with E-state index in [4.69, 9.17) is 0 Å². The highest BCUT2D eigenvalue weighted by Crippen LogP contribution is 2.21. The van der Waals surface area contributed by atoms with Crippen molar-refractivity contribution in [1.82, 2.24) is 5.32 Å². The van der Waals surface area contributed by atoms with E-state index in [9.17, 15) is 0 Å². The molecular weight excluding hydrogens is 134 g/mol. The van der Waals surface area contributed by atoms with Gasteiger partial charge in [-0.05, 0) is 31.7 Å². The maximum atomic E-state index is 3.32. The van der Waals surface area contributed by atoms with Crippen LogP contribution in [0, 0.1) is 5.41 Å². The lowest BCUT2D eigenvalue weighted by atomic mass is 9.88. The van der Waals surface area contributed by atoms with Crippen LogP contribution < -0.4 is 5.32 Å². The van der Waals surface area contributed by atoms with Crippen molar-refractivity contribution < 1.29 is 0 Å². The second kappa shape index (κ2) is 4.76. The van der Waals surface area contributed by atoms with Crippen molar-refractivity contribution in [2.75, 3.05) is 7.05 Å². The predicted molar refractivity (Wildman–Crippen MR) is 51.8 cm³/mol. The third-order valence-electron chi connectivity index (χ3n) is 2.14. The standard InChI is InChI=1S/C10H23N/c1-6-9(11-5)7-8-10(2,3)4/h9,11H,6-8H2,1-5H3. The van der Waals surface area contributed by atoms with Gasteiger partial charge in [-0.25, -0.2) is 0 Å². The normalized spacial score (nSPS) is 15.0. The first kappa shape index (κ1) is 11.0. The van der Waals surface area contributed by atoms with Crippen molar-refractivity contribution in [1.29, 1.82) is 0 Å². The molecule has 68 valence electrons. The molecule has 0 spiro atoms. The summed E-state index contributed by atoms with van der Waals surface area (Å²) < 4.78 is 0. The van der Waals surface area contributed by atoms with Crippen molar-refractivity contribution in [3.8, 4) is 0 Å². The van der Waals surface area contributed by atoms with Gasteiger partial charge in [0, 0.05) is 6.04 Å². The minimum Gasteiger partial charge on any atom is -0.317 e. The van der Waals surface area contributed by atoms with E-state index in [2.05, 4.69) is 40.1 Å². The molecule has 0 bridgehead atoms. The van der Waals surface area contributed by atoms with Gasteiger partial charge in [0.2, 0.25) is 0 Å². The zero-order chi connectivity index (χ0) is 8.91. The zero-order valence-corrected chi connectivity index (χ0v) is 8.70. The van der Waals surface area contributed by atoms with Crippen LogP contribution in [0.2, 0.25) is 0 Å². The Morgan fingerprint density at radius 3 is 2.09 bits per heavy atom. The summed E-state index contributed by atoms with van der Waals surface area (Å²) in [4.78, 5) is 0. The minimum atomic E-state index is 0.490. The second-order valence-corrected chi connectivity index (χ2v) is 4.49. The van der Waals surface area contributed by atoms with E-state index in [1.807, 2.05) is 0 Å². The van der Waals surface area contributed by atoms with Gasteiger partial charge in [-0.3, -0.25) is 0 Å². The summed E-state index contributed by atoms with van der Waals surface area (Å²) in [5.41, 5.74) is 0.490. The molecule has 0 aromatic heterocycles. The number of hydrogen-bond donors (Lipinski definition) is 1. The first-order valence-electron chi connectivity index (χ1n) is 4.67. The molecule has 1 nitrogen and oxygen atoms in total. The lowest BCUT2D eigenvalue weighted by molar-refractivity contribution is 0.332. The van der Waals surface area contributed by atoms with E-state index in [0.29, 0.717) is 11.5 Å².